The SMILES string of the molecule is CN(C)c1cccc2c(S(=O)(=O)C(CCCN)C(N)C(=O)O)cccc12. The summed E-state index contributed by atoms with van der Waals surface area (Å²) in [6.45, 7) is 0.263. The van der Waals surface area contributed by atoms with Crippen molar-refractivity contribution in [1.82, 2.24) is 0 Å². The normalized spacial score (nSPS) is 14.2. The molecule has 0 aliphatic rings. The Bertz CT molecular complexity index is 896. The second-order valence-corrected chi connectivity index (χ2v) is 8.54. The molecule has 2 unspecified atom stereocenters. The van der Waals surface area contributed by atoms with Crippen molar-refractivity contribution in [2.75, 3.05) is 25.5 Å². The van der Waals surface area contributed by atoms with Gasteiger partial charge >= 0.3 is 5.97 Å². The lowest BCUT2D eigenvalue weighted by atomic mass is 10.1. The molecule has 0 radical (unpaired) electrons. The number of anilines is 1. The highest BCUT2D eigenvalue weighted by atomic mass is 32.2. The Kier molecular flexibility index (Phi) is 6.22. The van der Waals surface area contributed by atoms with E-state index in [4.69, 9.17) is 11.5 Å². The fourth-order valence-corrected chi connectivity index (χ4v) is 5.13. The third-order valence-electron chi connectivity index (χ3n) is 4.42. The fourth-order valence-electron chi connectivity index (χ4n) is 3.07. The van der Waals surface area contributed by atoms with E-state index in [0.717, 1.165) is 11.1 Å². The molecule has 0 saturated heterocycles. The molecule has 8 heteroatoms. The molecule has 2 rings (SSSR count). The van der Waals surface area contributed by atoms with Crippen LogP contribution in [0.1, 0.15) is 12.8 Å². The summed E-state index contributed by atoms with van der Waals surface area (Å²) in [5.41, 5.74) is 12.1. The van der Waals surface area contributed by atoms with Gasteiger partial charge in [-0.3, -0.25) is 4.79 Å². The highest BCUT2D eigenvalue weighted by molar-refractivity contribution is 7.92. The van der Waals surface area contributed by atoms with Crippen LogP contribution < -0.4 is 16.4 Å². The molecule has 0 fully saturated rings. The quantitative estimate of drug-likeness (QED) is 0.629. The topological polar surface area (TPSA) is 127 Å². The lowest BCUT2D eigenvalue weighted by Crippen LogP contribution is -2.46. The van der Waals surface area contributed by atoms with Crippen LogP contribution in [0.4, 0.5) is 5.69 Å². The van der Waals surface area contributed by atoms with Crippen LogP contribution in [0.3, 0.4) is 0 Å². The minimum absolute atomic E-state index is 0.0933. The van der Waals surface area contributed by atoms with E-state index < -0.39 is 27.1 Å². The van der Waals surface area contributed by atoms with Gasteiger partial charge in [0, 0.05) is 30.6 Å². The maximum atomic E-state index is 13.3. The van der Waals surface area contributed by atoms with Crippen molar-refractivity contribution < 1.29 is 18.3 Å². The Morgan fingerprint density at radius 1 is 1.15 bits per heavy atom. The number of hydrogen-bond acceptors (Lipinski definition) is 6. The van der Waals surface area contributed by atoms with Gasteiger partial charge in [0.15, 0.2) is 9.84 Å². The smallest absolute Gasteiger partial charge is 0.321 e. The molecular formula is C18H25N3O4S. The zero-order chi connectivity index (χ0) is 19.5. The van der Waals surface area contributed by atoms with Crippen LogP contribution >= 0.6 is 0 Å². The zero-order valence-corrected chi connectivity index (χ0v) is 15.7. The highest BCUT2D eigenvalue weighted by Crippen LogP contribution is 2.33. The average Bonchev–Trinajstić information content (AvgIpc) is 2.60. The van der Waals surface area contributed by atoms with E-state index in [0.29, 0.717) is 11.8 Å². The van der Waals surface area contributed by atoms with Crippen LogP contribution in [0.25, 0.3) is 10.8 Å². The summed E-state index contributed by atoms with van der Waals surface area (Å²) in [6, 6.07) is 8.89. The van der Waals surface area contributed by atoms with E-state index in [1.165, 1.54) is 6.07 Å². The molecule has 0 heterocycles. The summed E-state index contributed by atoms with van der Waals surface area (Å²) in [7, 11) is -0.216. The molecule has 2 atom stereocenters. The van der Waals surface area contributed by atoms with Crippen molar-refractivity contribution in [1.29, 1.82) is 0 Å². The van der Waals surface area contributed by atoms with E-state index in [1.807, 2.05) is 31.1 Å². The van der Waals surface area contributed by atoms with Gasteiger partial charge in [-0.1, -0.05) is 24.3 Å². The molecule has 0 aromatic heterocycles. The molecule has 26 heavy (non-hydrogen) atoms. The number of rotatable bonds is 8. The van der Waals surface area contributed by atoms with Gasteiger partial charge in [0.1, 0.15) is 6.04 Å². The Morgan fingerprint density at radius 2 is 1.77 bits per heavy atom. The van der Waals surface area contributed by atoms with E-state index >= 15 is 0 Å². The number of carboxylic acid groups (broad SMARTS) is 1. The van der Waals surface area contributed by atoms with Crippen LogP contribution in [-0.2, 0) is 14.6 Å². The number of fused-ring (bicyclic) bond motifs is 1. The second-order valence-electron chi connectivity index (χ2n) is 6.40. The summed E-state index contributed by atoms with van der Waals surface area (Å²) >= 11 is 0. The molecule has 142 valence electrons. The molecular weight excluding hydrogens is 354 g/mol. The van der Waals surface area contributed by atoms with Gasteiger partial charge in [-0.15, -0.1) is 0 Å². The van der Waals surface area contributed by atoms with Crippen LogP contribution in [0.15, 0.2) is 41.3 Å². The molecule has 7 nitrogen and oxygen atoms in total. The summed E-state index contributed by atoms with van der Waals surface area (Å²) in [5, 5.41) is 9.35. The van der Waals surface area contributed by atoms with Crippen molar-refractivity contribution in [3.63, 3.8) is 0 Å². The zero-order valence-electron chi connectivity index (χ0n) is 14.9. The number of benzene rings is 2. The predicted molar refractivity (Wildman–Crippen MR) is 103 cm³/mol. The van der Waals surface area contributed by atoms with Crippen molar-refractivity contribution in [2.45, 2.75) is 29.0 Å². The maximum Gasteiger partial charge on any atom is 0.321 e. The van der Waals surface area contributed by atoms with Crippen molar-refractivity contribution in [3.05, 3.63) is 36.4 Å². The Morgan fingerprint density at radius 3 is 2.35 bits per heavy atom. The first-order valence-corrected chi connectivity index (χ1v) is 9.88. The third-order valence-corrected chi connectivity index (χ3v) is 6.72. The number of sulfone groups is 1. The number of nitrogens with zero attached hydrogens (tertiary/aromatic N) is 1. The molecule has 0 saturated carbocycles. The van der Waals surface area contributed by atoms with Crippen LogP contribution in [0.2, 0.25) is 0 Å². The molecule has 2 aromatic rings. The van der Waals surface area contributed by atoms with Gasteiger partial charge in [-0.2, -0.15) is 0 Å². The summed E-state index contributed by atoms with van der Waals surface area (Å²) in [6.07, 6.45) is 0.467. The third kappa shape index (κ3) is 3.82. The minimum atomic E-state index is -3.97. The standard InChI is InChI=1S/C18H25N3O4S/c1-21(2)14-8-3-7-13-12(14)6-4-9-15(13)26(24,25)16(10-5-11-19)17(20)18(22)23/h3-4,6-9,16-17H,5,10-11,19-20H2,1-2H3,(H,22,23). The molecule has 0 aliphatic heterocycles. The monoisotopic (exact) mass is 379 g/mol. The van der Waals surface area contributed by atoms with Crippen LogP contribution in [-0.4, -0.2) is 51.4 Å². The van der Waals surface area contributed by atoms with Gasteiger partial charge in [0.25, 0.3) is 0 Å². The number of carbonyl (C=O) groups is 1. The molecule has 0 bridgehead atoms. The van der Waals surface area contributed by atoms with E-state index in [1.54, 1.807) is 18.2 Å². The van der Waals surface area contributed by atoms with Crippen molar-refractivity contribution in [3.8, 4) is 0 Å². The lowest BCUT2D eigenvalue weighted by Gasteiger charge is -2.23. The largest absolute Gasteiger partial charge is 0.480 e. The Balaban J connectivity index is 2.67. The molecule has 0 spiro atoms. The highest BCUT2D eigenvalue weighted by Gasteiger charge is 2.37. The van der Waals surface area contributed by atoms with Gasteiger partial charge in [0.05, 0.1) is 10.1 Å². The van der Waals surface area contributed by atoms with Crippen LogP contribution in [0.5, 0.6) is 0 Å². The van der Waals surface area contributed by atoms with E-state index in [-0.39, 0.29) is 17.9 Å². The summed E-state index contributed by atoms with van der Waals surface area (Å²) in [4.78, 5) is 13.4. The van der Waals surface area contributed by atoms with Gasteiger partial charge in [-0.25, -0.2) is 8.42 Å². The first-order valence-electron chi connectivity index (χ1n) is 8.33. The van der Waals surface area contributed by atoms with E-state index in [9.17, 15) is 18.3 Å². The second kappa shape index (κ2) is 8.03. The summed E-state index contributed by atoms with van der Waals surface area (Å²) in [5.74, 6) is -1.34. The average molecular weight is 379 g/mol. The first-order chi connectivity index (χ1) is 12.2. The number of hydrogen-bond donors (Lipinski definition) is 3. The first kappa shape index (κ1) is 20.2. The number of carboxylic acids is 1. The lowest BCUT2D eigenvalue weighted by molar-refractivity contribution is -0.138. The van der Waals surface area contributed by atoms with E-state index in [2.05, 4.69) is 0 Å². The summed E-state index contributed by atoms with van der Waals surface area (Å²) < 4.78 is 26.6. The number of aliphatic carboxylic acids is 1. The fraction of sp³-hybridized carbons (Fsp3) is 0.389. The van der Waals surface area contributed by atoms with Gasteiger partial charge in [-0.05, 0) is 31.5 Å². The predicted octanol–water partition coefficient (Wildman–Crippen LogP) is 1.20. The van der Waals surface area contributed by atoms with Crippen LogP contribution in [0, 0.1) is 0 Å². The molecule has 0 amide bonds. The Hall–Kier alpha value is -2.16. The minimum Gasteiger partial charge on any atom is -0.480 e. The Labute approximate surface area is 153 Å². The molecule has 0 aliphatic carbocycles. The van der Waals surface area contributed by atoms with Crippen molar-refractivity contribution in [2.24, 2.45) is 11.5 Å². The molecule has 5 N–H and O–H groups in total. The number of nitrogens with two attached hydrogens (primary N) is 2. The van der Waals surface area contributed by atoms with Gasteiger partial charge < -0.3 is 21.5 Å². The van der Waals surface area contributed by atoms with Crippen molar-refractivity contribution >= 4 is 32.3 Å². The maximum absolute atomic E-state index is 13.3. The molecule has 2 aromatic carbocycles. The van der Waals surface area contributed by atoms with Gasteiger partial charge in [0.2, 0.25) is 0 Å².